The molecule has 0 aliphatic carbocycles. The Bertz CT molecular complexity index is 271. The summed E-state index contributed by atoms with van der Waals surface area (Å²) in [6.07, 6.45) is 1.18. The Morgan fingerprint density at radius 3 is 2.64 bits per heavy atom. The molecular formula is C8H8NO2. The molecule has 1 rings (SSSR count). The molecular weight excluding hydrogens is 142 g/mol. The number of phenols is 1. The van der Waals surface area contributed by atoms with E-state index in [1.54, 1.807) is 18.2 Å². The van der Waals surface area contributed by atoms with Crippen LogP contribution in [-0.4, -0.2) is 11.0 Å². The number of phenolic OH excluding ortho intramolecular Hbond substituents is 1. The minimum absolute atomic E-state index is 0.0614. The Balaban J connectivity index is 2.86. The maximum absolute atomic E-state index is 10.4. The average Bonchev–Trinajstić information content (AvgIpc) is 1.93. The third-order valence-electron chi connectivity index (χ3n) is 1.23. The molecule has 0 heterocycles. The third kappa shape index (κ3) is 1.97. The van der Waals surface area contributed by atoms with Crippen LogP contribution in [0.2, 0.25) is 0 Å². The van der Waals surface area contributed by atoms with Crippen molar-refractivity contribution in [1.82, 2.24) is 0 Å². The maximum atomic E-state index is 10.4. The molecule has 0 bridgehead atoms. The van der Waals surface area contributed by atoms with Crippen molar-refractivity contribution in [3.8, 4) is 5.75 Å². The number of hydrogen-bond donors (Lipinski definition) is 2. The van der Waals surface area contributed by atoms with Crippen LogP contribution in [0.15, 0.2) is 24.3 Å². The normalized spacial score (nSPS) is 9.45. The second-order valence-corrected chi connectivity index (χ2v) is 2.11. The SMILES string of the molecule is NC(=O)[CH]c1ccccc1O. The molecule has 3 N–H and O–H groups in total. The van der Waals surface area contributed by atoms with Crippen molar-refractivity contribution in [2.45, 2.75) is 0 Å². The van der Waals surface area contributed by atoms with Gasteiger partial charge in [0.05, 0.1) is 6.42 Å². The fourth-order valence-electron chi connectivity index (χ4n) is 0.763. The molecule has 0 aliphatic rings. The Labute approximate surface area is 64.5 Å². The van der Waals surface area contributed by atoms with E-state index in [2.05, 4.69) is 0 Å². The first-order valence-electron chi connectivity index (χ1n) is 3.12. The molecule has 11 heavy (non-hydrogen) atoms. The predicted octanol–water partition coefficient (Wildman–Crippen LogP) is 0.430. The Morgan fingerprint density at radius 2 is 2.09 bits per heavy atom. The fraction of sp³-hybridized carbons (Fsp3) is 0. The standard InChI is InChI=1S/C8H8NO2/c9-8(11)5-6-3-1-2-4-7(6)10/h1-5,10H,(H2,9,11). The smallest absolute Gasteiger partial charge is 0.226 e. The lowest BCUT2D eigenvalue weighted by Crippen LogP contribution is -2.11. The first-order valence-corrected chi connectivity index (χ1v) is 3.12. The van der Waals surface area contributed by atoms with E-state index in [0.29, 0.717) is 5.56 Å². The molecule has 0 fully saturated rings. The van der Waals surface area contributed by atoms with Gasteiger partial charge in [-0.2, -0.15) is 0 Å². The van der Waals surface area contributed by atoms with Gasteiger partial charge in [0.2, 0.25) is 5.91 Å². The Hall–Kier alpha value is -1.51. The van der Waals surface area contributed by atoms with Gasteiger partial charge in [0.25, 0.3) is 0 Å². The number of benzene rings is 1. The molecule has 1 aromatic carbocycles. The minimum atomic E-state index is -0.563. The molecule has 0 aromatic heterocycles. The number of hydrogen-bond acceptors (Lipinski definition) is 2. The number of aromatic hydroxyl groups is 1. The van der Waals surface area contributed by atoms with Gasteiger partial charge in [-0.3, -0.25) is 4.79 Å². The van der Waals surface area contributed by atoms with Gasteiger partial charge in [-0.05, 0) is 6.07 Å². The highest BCUT2D eigenvalue weighted by molar-refractivity contribution is 5.87. The van der Waals surface area contributed by atoms with Gasteiger partial charge in [-0.25, -0.2) is 0 Å². The molecule has 1 amide bonds. The van der Waals surface area contributed by atoms with Crippen LogP contribution < -0.4 is 5.73 Å². The number of para-hydroxylation sites is 1. The lowest BCUT2D eigenvalue weighted by Gasteiger charge is -1.98. The quantitative estimate of drug-likeness (QED) is 0.642. The molecule has 1 radical (unpaired) electrons. The van der Waals surface area contributed by atoms with Crippen LogP contribution in [0.25, 0.3) is 0 Å². The molecule has 0 atom stereocenters. The first kappa shape index (κ1) is 7.60. The van der Waals surface area contributed by atoms with E-state index < -0.39 is 5.91 Å². The molecule has 3 nitrogen and oxygen atoms in total. The highest BCUT2D eigenvalue weighted by Gasteiger charge is 2.02. The van der Waals surface area contributed by atoms with Crippen molar-refractivity contribution in [1.29, 1.82) is 0 Å². The van der Waals surface area contributed by atoms with E-state index in [0.717, 1.165) is 0 Å². The molecule has 0 aliphatic heterocycles. The lowest BCUT2D eigenvalue weighted by molar-refractivity contribution is -0.114. The van der Waals surface area contributed by atoms with Crippen LogP contribution in [0.4, 0.5) is 0 Å². The van der Waals surface area contributed by atoms with Crippen LogP contribution in [0.3, 0.4) is 0 Å². The van der Waals surface area contributed by atoms with Crippen molar-refractivity contribution in [3.63, 3.8) is 0 Å². The summed E-state index contributed by atoms with van der Waals surface area (Å²) in [7, 11) is 0. The fourth-order valence-corrected chi connectivity index (χ4v) is 0.763. The summed E-state index contributed by atoms with van der Waals surface area (Å²) in [5.41, 5.74) is 5.33. The van der Waals surface area contributed by atoms with Crippen molar-refractivity contribution in [3.05, 3.63) is 36.2 Å². The summed E-state index contributed by atoms with van der Waals surface area (Å²) in [5, 5.41) is 9.12. The van der Waals surface area contributed by atoms with Crippen molar-refractivity contribution in [2.24, 2.45) is 5.73 Å². The van der Waals surface area contributed by atoms with Gasteiger partial charge in [-0.1, -0.05) is 18.2 Å². The number of rotatable bonds is 2. The van der Waals surface area contributed by atoms with Gasteiger partial charge in [0.15, 0.2) is 0 Å². The van der Waals surface area contributed by atoms with Gasteiger partial charge in [0, 0.05) is 5.56 Å². The van der Waals surface area contributed by atoms with Crippen molar-refractivity contribution >= 4 is 5.91 Å². The number of nitrogens with two attached hydrogens (primary N) is 1. The summed E-state index contributed by atoms with van der Waals surface area (Å²) >= 11 is 0. The van der Waals surface area contributed by atoms with E-state index >= 15 is 0 Å². The number of amides is 1. The molecule has 1 aromatic rings. The van der Waals surface area contributed by atoms with Crippen LogP contribution in [0, 0.1) is 6.42 Å². The third-order valence-corrected chi connectivity index (χ3v) is 1.23. The monoisotopic (exact) mass is 150 g/mol. The lowest BCUT2D eigenvalue weighted by atomic mass is 10.1. The molecule has 57 valence electrons. The van der Waals surface area contributed by atoms with Crippen LogP contribution in [0.5, 0.6) is 5.75 Å². The number of carbonyl (C=O) groups excluding carboxylic acids is 1. The van der Waals surface area contributed by atoms with Gasteiger partial charge in [-0.15, -0.1) is 0 Å². The van der Waals surface area contributed by atoms with Crippen molar-refractivity contribution < 1.29 is 9.90 Å². The van der Waals surface area contributed by atoms with Crippen LogP contribution >= 0.6 is 0 Å². The summed E-state index contributed by atoms with van der Waals surface area (Å²) in [4.78, 5) is 10.4. The van der Waals surface area contributed by atoms with Gasteiger partial charge < -0.3 is 10.8 Å². The summed E-state index contributed by atoms with van der Waals surface area (Å²) in [6.45, 7) is 0. The summed E-state index contributed by atoms with van der Waals surface area (Å²) in [6, 6.07) is 6.50. The summed E-state index contributed by atoms with van der Waals surface area (Å²) in [5.74, 6) is -0.502. The number of carbonyl (C=O) groups is 1. The molecule has 3 heteroatoms. The molecule has 0 spiro atoms. The van der Waals surface area contributed by atoms with Gasteiger partial charge in [0.1, 0.15) is 5.75 Å². The molecule has 0 unspecified atom stereocenters. The van der Waals surface area contributed by atoms with E-state index in [1.807, 2.05) is 0 Å². The minimum Gasteiger partial charge on any atom is -0.508 e. The van der Waals surface area contributed by atoms with Crippen LogP contribution in [-0.2, 0) is 4.79 Å². The zero-order chi connectivity index (χ0) is 8.27. The first-order chi connectivity index (χ1) is 5.20. The highest BCUT2D eigenvalue weighted by Crippen LogP contribution is 2.16. The maximum Gasteiger partial charge on any atom is 0.226 e. The van der Waals surface area contributed by atoms with E-state index in [9.17, 15) is 4.79 Å². The second kappa shape index (κ2) is 3.05. The Morgan fingerprint density at radius 1 is 1.45 bits per heavy atom. The van der Waals surface area contributed by atoms with E-state index in [1.165, 1.54) is 12.5 Å². The van der Waals surface area contributed by atoms with Crippen molar-refractivity contribution in [2.75, 3.05) is 0 Å². The largest absolute Gasteiger partial charge is 0.508 e. The van der Waals surface area contributed by atoms with E-state index in [-0.39, 0.29) is 5.75 Å². The second-order valence-electron chi connectivity index (χ2n) is 2.11. The zero-order valence-corrected chi connectivity index (χ0v) is 5.82. The number of primary amides is 1. The van der Waals surface area contributed by atoms with Crippen LogP contribution in [0.1, 0.15) is 5.56 Å². The summed E-state index contributed by atoms with van der Waals surface area (Å²) < 4.78 is 0. The topological polar surface area (TPSA) is 63.3 Å². The zero-order valence-electron chi connectivity index (χ0n) is 5.82. The predicted molar refractivity (Wildman–Crippen MR) is 40.7 cm³/mol. The van der Waals surface area contributed by atoms with Gasteiger partial charge >= 0.3 is 0 Å². The Kier molecular flexibility index (Phi) is 2.11. The highest BCUT2D eigenvalue weighted by atomic mass is 16.3. The van der Waals surface area contributed by atoms with E-state index in [4.69, 9.17) is 10.8 Å². The molecule has 0 saturated carbocycles. The molecule has 0 saturated heterocycles. The average molecular weight is 150 g/mol.